The molecule has 0 aromatic heterocycles. The molecule has 0 radical (unpaired) electrons. The van der Waals surface area contributed by atoms with Crippen LogP contribution in [0.3, 0.4) is 0 Å². The second-order valence-corrected chi connectivity index (χ2v) is 5.20. The zero-order valence-electron chi connectivity index (χ0n) is 10.2. The van der Waals surface area contributed by atoms with Crippen molar-refractivity contribution in [1.29, 1.82) is 0 Å². The van der Waals surface area contributed by atoms with Crippen LogP contribution in [-0.4, -0.2) is 37.4 Å². The largest absolute Gasteiger partial charge is 0.396 e. The van der Waals surface area contributed by atoms with Crippen molar-refractivity contribution >= 4 is 17.5 Å². The van der Waals surface area contributed by atoms with Crippen molar-refractivity contribution in [3.63, 3.8) is 0 Å². The van der Waals surface area contributed by atoms with Crippen LogP contribution in [0.15, 0.2) is 18.2 Å². The van der Waals surface area contributed by atoms with Crippen molar-refractivity contribution in [1.82, 2.24) is 5.32 Å². The Labute approximate surface area is 111 Å². The van der Waals surface area contributed by atoms with Gasteiger partial charge in [0.2, 0.25) is 0 Å². The molecule has 1 fully saturated rings. The van der Waals surface area contributed by atoms with Crippen LogP contribution < -0.4 is 5.32 Å². The first-order valence-corrected chi connectivity index (χ1v) is 6.17. The van der Waals surface area contributed by atoms with Gasteiger partial charge in [0.05, 0.1) is 25.2 Å². The maximum absolute atomic E-state index is 11.9. The summed E-state index contributed by atoms with van der Waals surface area (Å²) in [6, 6.07) is 5.15. The van der Waals surface area contributed by atoms with Crippen LogP contribution in [-0.2, 0) is 4.74 Å². The number of aliphatic hydroxyl groups is 1. The van der Waals surface area contributed by atoms with Crippen molar-refractivity contribution in [2.24, 2.45) is 5.41 Å². The molecular formula is C13H16ClNO3. The summed E-state index contributed by atoms with van der Waals surface area (Å²) in [5, 5.41) is 12.7. The van der Waals surface area contributed by atoms with Crippen LogP contribution in [0.5, 0.6) is 0 Å². The summed E-state index contributed by atoms with van der Waals surface area (Å²) in [6.45, 7) is 3.28. The highest BCUT2D eigenvalue weighted by molar-refractivity contribution is 6.31. The highest BCUT2D eigenvalue weighted by atomic mass is 35.5. The number of hydrogen-bond acceptors (Lipinski definition) is 3. The number of benzene rings is 1. The van der Waals surface area contributed by atoms with Gasteiger partial charge in [-0.15, -0.1) is 0 Å². The zero-order chi connectivity index (χ0) is 13.2. The Balaban J connectivity index is 1.97. The summed E-state index contributed by atoms with van der Waals surface area (Å²) in [7, 11) is 0. The molecule has 1 heterocycles. The molecule has 2 rings (SSSR count). The standard InChI is InChI=1S/C13H16ClNO3/c1-9-4-10(2-3-11(9)14)12(17)15-5-13(6-16)7-18-8-13/h2-4,16H,5-8H2,1H3,(H,15,17). The van der Waals surface area contributed by atoms with E-state index in [1.165, 1.54) is 0 Å². The Hall–Kier alpha value is -1.10. The molecule has 98 valence electrons. The van der Waals surface area contributed by atoms with Crippen molar-refractivity contribution in [3.8, 4) is 0 Å². The van der Waals surface area contributed by atoms with E-state index in [2.05, 4.69) is 5.32 Å². The van der Waals surface area contributed by atoms with E-state index in [0.29, 0.717) is 30.3 Å². The first kappa shape index (κ1) is 13.3. The number of amides is 1. The molecule has 1 aliphatic rings. The van der Waals surface area contributed by atoms with Crippen molar-refractivity contribution in [2.75, 3.05) is 26.4 Å². The second-order valence-electron chi connectivity index (χ2n) is 4.80. The lowest BCUT2D eigenvalue weighted by Crippen LogP contribution is -2.53. The van der Waals surface area contributed by atoms with Gasteiger partial charge in [-0.25, -0.2) is 0 Å². The van der Waals surface area contributed by atoms with Gasteiger partial charge in [0.25, 0.3) is 5.91 Å². The van der Waals surface area contributed by atoms with E-state index in [-0.39, 0.29) is 17.9 Å². The fraction of sp³-hybridized carbons (Fsp3) is 0.462. The highest BCUT2D eigenvalue weighted by Gasteiger charge is 2.38. The van der Waals surface area contributed by atoms with E-state index in [9.17, 15) is 9.90 Å². The smallest absolute Gasteiger partial charge is 0.251 e. The Morgan fingerprint density at radius 2 is 2.28 bits per heavy atom. The van der Waals surface area contributed by atoms with Gasteiger partial charge in [-0.3, -0.25) is 4.79 Å². The average molecular weight is 270 g/mol. The Bertz CT molecular complexity index is 452. The van der Waals surface area contributed by atoms with Crippen molar-refractivity contribution in [2.45, 2.75) is 6.92 Å². The Morgan fingerprint density at radius 1 is 1.56 bits per heavy atom. The van der Waals surface area contributed by atoms with E-state index < -0.39 is 0 Å². The third-order valence-corrected chi connectivity index (χ3v) is 3.62. The fourth-order valence-electron chi connectivity index (χ4n) is 1.80. The predicted octanol–water partition coefficient (Wildman–Crippen LogP) is 1.39. The van der Waals surface area contributed by atoms with Gasteiger partial charge in [0.1, 0.15) is 0 Å². The number of aryl methyl sites for hydroxylation is 1. The average Bonchev–Trinajstić information content (AvgIpc) is 2.31. The lowest BCUT2D eigenvalue weighted by Gasteiger charge is -2.39. The Morgan fingerprint density at radius 3 is 2.78 bits per heavy atom. The SMILES string of the molecule is Cc1cc(C(=O)NCC2(CO)COC2)ccc1Cl. The summed E-state index contributed by atoms with van der Waals surface area (Å²) in [5.41, 5.74) is 1.13. The molecule has 0 bridgehead atoms. The molecule has 2 N–H and O–H groups in total. The molecule has 0 aliphatic carbocycles. The van der Waals surface area contributed by atoms with Crippen LogP contribution in [0, 0.1) is 12.3 Å². The normalized spacial score (nSPS) is 17.1. The number of carbonyl (C=O) groups excluding carboxylic acids is 1. The predicted molar refractivity (Wildman–Crippen MR) is 68.9 cm³/mol. The van der Waals surface area contributed by atoms with Gasteiger partial charge in [0, 0.05) is 17.1 Å². The van der Waals surface area contributed by atoms with Gasteiger partial charge >= 0.3 is 0 Å². The minimum Gasteiger partial charge on any atom is -0.396 e. The van der Waals surface area contributed by atoms with Gasteiger partial charge in [0.15, 0.2) is 0 Å². The molecule has 1 amide bonds. The van der Waals surface area contributed by atoms with Crippen LogP contribution in [0.4, 0.5) is 0 Å². The van der Waals surface area contributed by atoms with E-state index in [1.54, 1.807) is 18.2 Å². The number of nitrogens with one attached hydrogen (secondary N) is 1. The molecule has 4 nitrogen and oxygen atoms in total. The van der Waals surface area contributed by atoms with E-state index in [0.717, 1.165) is 5.56 Å². The minimum absolute atomic E-state index is 0.0208. The molecule has 1 aliphatic heterocycles. The summed E-state index contributed by atoms with van der Waals surface area (Å²) in [5.74, 6) is -0.158. The molecule has 0 spiro atoms. The fourth-order valence-corrected chi connectivity index (χ4v) is 1.91. The minimum atomic E-state index is -0.308. The molecule has 0 unspecified atom stereocenters. The number of halogens is 1. The molecule has 5 heteroatoms. The van der Waals surface area contributed by atoms with Crippen molar-refractivity contribution < 1.29 is 14.6 Å². The summed E-state index contributed by atoms with van der Waals surface area (Å²) in [4.78, 5) is 11.9. The Kier molecular flexibility index (Phi) is 3.90. The first-order valence-electron chi connectivity index (χ1n) is 5.79. The highest BCUT2D eigenvalue weighted by Crippen LogP contribution is 2.25. The first-order chi connectivity index (χ1) is 8.56. The van der Waals surface area contributed by atoms with E-state index in [1.807, 2.05) is 6.92 Å². The van der Waals surface area contributed by atoms with Gasteiger partial charge in [-0.2, -0.15) is 0 Å². The maximum atomic E-state index is 11.9. The van der Waals surface area contributed by atoms with Gasteiger partial charge < -0.3 is 15.2 Å². The molecule has 18 heavy (non-hydrogen) atoms. The van der Waals surface area contributed by atoms with E-state index in [4.69, 9.17) is 16.3 Å². The number of hydrogen-bond donors (Lipinski definition) is 2. The number of aliphatic hydroxyl groups excluding tert-OH is 1. The van der Waals surface area contributed by atoms with Crippen LogP contribution in [0.2, 0.25) is 5.02 Å². The number of ether oxygens (including phenoxy) is 1. The summed E-state index contributed by atoms with van der Waals surface area (Å²) < 4.78 is 5.07. The second kappa shape index (κ2) is 5.26. The molecule has 1 aromatic rings. The molecule has 1 aromatic carbocycles. The zero-order valence-corrected chi connectivity index (χ0v) is 11.0. The maximum Gasteiger partial charge on any atom is 0.251 e. The number of carbonyl (C=O) groups is 1. The van der Waals surface area contributed by atoms with Gasteiger partial charge in [-0.05, 0) is 30.7 Å². The topological polar surface area (TPSA) is 58.6 Å². The van der Waals surface area contributed by atoms with Crippen LogP contribution in [0.1, 0.15) is 15.9 Å². The lowest BCUT2D eigenvalue weighted by molar-refractivity contribution is -0.133. The van der Waals surface area contributed by atoms with Crippen LogP contribution >= 0.6 is 11.6 Å². The summed E-state index contributed by atoms with van der Waals surface area (Å²) in [6.07, 6.45) is 0. The third-order valence-electron chi connectivity index (χ3n) is 3.20. The monoisotopic (exact) mass is 269 g/mol. The number of rotatable bonds is 4. The molecular weight excluding hydrogens is 254 g/mol. The molecule has 1 saturated heterocycles. The van der Waals surface area contributed by atoms with Gasteiger partial charge in [-0.1, -0.05) is 11.6 Å². The summed E-state index contributed by atoms with van der Waals surface area (Å²) >= 11 is 5.91. The van der Waals surface area contributed by atoms with Crippen molar-refractivity contribution in [3.05, 3.63) is 34.3 Å². The molecule has 0 atom stereocenters. The third kappa shape index (κ3) is 2.66. The quantitative estimate of drug-likeness (QED) is 0.868. The van der Waals surface area contributed by atoms with E-state index >= 15 is 0 Å². The van der Waals surface area contributed by atoms with Crippen LogP contribution in [0.25, 0.3) is 0 Å². The lowest BCUT2D eigenvalue weighted by atomic mass is 9.87. The molecule has 0 saturated carbocycles.